The Morgan fingerprint density at radius 3 is 2.44 bits per heavy atom. The minimum absolute atomic E-state index is 0.0636. The molecule has 1 amide bonds. The van der Waals surface area contributed by atoms with E-state index >= 15 is 0 Å². The van der Waals surface area contributed by atoms with Crippen molar-refractivity contribution in [1.29, 1.82) is 0 Å². The summed E-state index contributed by atoms with van der Waals surface area (Å²) in [5, 5.41) is 0. The van der Waals surface area contributed by atoms with E-state index in [4.69, 9.17) is 0 Å². The Hall–Kier alpha value is -1.45. The van der Waals surface area contributed by atoms with Gasteiger partial charge in [0.05, 0.1) is 24.3 Å². The zero-order valence-corrected chi connectivity index (χ0v) is 16.3. The lowest BCUT2D eigenvalue weighted by atomic mass is 10.1. The summed E-state index contributed by atoms with van der Waals surface area (Å²) < 4.78 is 48.5. The van der Waals surface area contributed by atoms with Crippen LogP contribution in [0.5, 0.6) is 0 Å². The molecule has 1 aromatic carbocycles. The van der Waals surface area contributed by atoms with Crippen LogP contribution in [-0.2, 0) is 31.2 Å². The van der Waals surface area contributed by atoms with Gasteiger partial charge in [0, 0.05) is 19.6 Å². The minimum Gasteiger partial charge on any atom is -0.341 e. The summed E-state index contributed by atoms with van der Waals surface area (Å²) in [5.41, 5.74) is 1.77. The Kier molecular flexibility index (Phi) is 5.90. The fourth-order valence-corrected chi connectivity index (χ4v) is 5.31. The largest absolute Gasteiger partial charge is 0.341 e. The maximum atomic E-state index is 12.5. The topological polar surface area (TPSA) is 91.8 Å². The number of amides is 1. The first kappa shape index (κ1) is 19.9. The highest BCUT2D eigenvalue weighted by Crippen LogP contribution is 2.18. The van der Waals surface area contributed by atoms with E-state index in [-0.39, 0.29) is 24.6 Å². The van der Waals surface area contributed by atoms with E-state index in [9.17, 15) is 21.6 Å². The fraction of sp³-hybridized carbons (Fsp3) is 0.562. The minimum atomic E-state index is -3.59. The van der Waals surface area contributed by atoms with Gasteiger partial charge in [-0.3, -0.25) is 4.79 Å². The molecule has 9 heteroatoms. The summed E-state index contributed by atoms with van der Waals surface area (Å²) in [6.07, 6.45) is 1.46. The highest BCUT2D eigenvalue weighted by Gasteiger charge is 2.34. The number of rotatable bonds is 6. The van der Waals surface area contributed by atoms with E-state index in [0.29, 0.717) is 6.42 Å². The average molecular weight is 389 g/mol. The summed E-state index contributed by atoms with van der Waals surface area (Å²) >= 11 is 0. The SMILES string of the molecule is Cc1ccccc1CN(CC(=O)N(C)C1CCS(=O)(=O)C1)S(C)(=O)=O. The van der Waals surface area contributed by atoms with Gasteiger partial charge >= 0.3 is 0 Å². The normalized spacial score (nSPS) is 19.9. The number of aryl methyl sites for hydroxylation is 1. The average Bonchev–Trinajstić information content (AvgIpc) is 2.87. The molecule has 7 nitrogen and oxygen atoms in total. The number of nitrogens with zero attached hydrogens (tertiary/aromatic N) is 2. The first-order valence-electron chi connectivity index (χ1n) is 7.95. The third-order valence-corrected chi connectivity index (χ3v) is 7.48. The van der Waals surface area contributed by atoms with E-state index in [2.05, 4.69) is 0 Å². The molecule has 0 N–H and O–H groups in total. The second-order valence-corrected chi connectivity index (χ2v) is 10.7. The van der Waals surface area contributed by atoms with Crippen LogP contribution >= 0.6 is 0 Å². The molecule has 1 fully saturated rings. The van der Waals surface area contributed by atoms with Gasteiger partial charge in [-0.15, -0.1) is 0 Å². The highest BCUT2D eigenvalue weighted by atomic mass is 32.2. The summed E-state index contributed by atoms with van der Waals surface area (Å²) in [6.45, 7) is 1.68. The smallest absolute Gasteiger partial charge is 0.237 e. The molecule has 1 heterocycles. The number of benzene rings is 1. The lowest BCUT2D eigenvalue weighted by molar-refractivity contribution is -0.131. The number of carbonyl (C=O) groups is 1. The number of hydrogen-bond acceptors (Lipinski definition) is 5. The number of sulfonamides is 1. The van der Waals surface area contributed by atoms with E-state index < -0.39 is 31.8 Å². The molecule has 0 radical (unpaired) electrons. The third-order valence-electron chi connectivity index (χ3n) is 4.54. The van der Waals surface area contributed by atoms with Crippen LogP contribution in [-0.4, -0.2) is 69.3 Å². The second-order valence-electron chi connectivity index (χ2n) is 6.52. The van der Waals surface area contributed by atoms with Crippen molar-refractivity contribution >= 4 is 25.8 Å². The summed E-state index contributed by atoms with van der Waals surface area (Å²) in [6, 6.07) is 7.00. The van der Waals surface area contributed by atoms with E-state index in [0.717, 1.165) is 21.7 Å². The maximum Gasteiger partial charge on any atom is 0.237 e. The van der Waals surface area contributed by atoms with E-state index in [1.165, 1.54) is 11.9 Å². The second kappa shape index (κ2) is 7.43. The van der Waals surface area contributed by atoms with E-state index in [1.54, 1.807) is 0 Å². The van der Waals surface area contributed by atoms with Crippen molar-refractivity contribution in [2.24, 2.45) is 0 Å². The Bertz CT molecular complexity index is 849. The maximum absolute atomic E-state index is 12.5. The van der Waals surface area contributed by atoms with Gasteiger partial charge in [0.2, 0.25) is 15.9 Å². The van der Waals surface area contributed by atoms with Crippen molar-refractivity contribution in [1.82, 2.24) is 9.21 Å². The van der Waals surface area contributed by atoms with Crippen LogP contribution < -0.4 is 0 Å². The predicted octanol–water partition coefficient (Wildman–Crippen LogP) is 0.402. The molecule has 1 atom stereocenters. The molecule has 140 valence electrons. The Morgan fingerprint density at radius 1 is 1.28 bits per heavy atom. The van der Waals surface area contributed by atoms with Crippen LogP contribution in [0.25, 0.3) is 0 Å². The van der Waals surface area contributed by atoms with Crippen molar-refractivity contribution in [3.63, 3.8) is 0 Å². The molecule has 1 aliphatic heterocycles. The summed E-state index contributed by atoms with van der Waals surface area (Å²) in [7, 11) is -5.17. The number of sulfone groups is 1. The molecule has 0 spiro atoms. The Morgan fingerprint density at radius 2 is 1.92 bits per heavy atom. The van der Waals surface area contributed by atoms with Crippen molar-refractivity contribution in [2.45, 2.75) is 25.9 Å². The van der Waals surface area contributed by atoms with Crippen molar-refractivity contribution in [3.8, 4) is 0 Å². The molecule has 1 aromatic rings. The van der Waals surface area contributed by atoms with Crippen LogP contribution in [0.2, 0.25) is 0 Å². The van der Waals surface area contributed by atoms with Crippen LogP contribution in [0.3, 0.4) is 0 Å². The monoisotopic (exact) mass is 388 g/mol. The molecule has 2 rings (SSSR count). The molecule has 0 aliphatic carbocycles. The lowest BCUT2D eigenvalue weighted by Gasteiger charge is -2.27. The first-order valence-corrected chi connectivity index (χ1v) is 11.6. The fourth-order valence-electron chi connectivity index (χ4n) is 2.81. The summed E-state index contributed by atoms with van der Waals surface area (Å²) in [5.74, 6) is -0.402. The predicted molar refractivity (Wildman–Crippen MR) is 96.3 cm³/mol. The molecule has 1 unspecified atom stereocenters. The van der Waals surface area contributed by atoms with Crippen molar-refractivity contribution in [2.75, 3.05) is 31.4 Å². The van der Waals surface area contributed by atoms with Gasteiger partial charge in [-0.2, -0.15) is 4.31 Å². The van der Waals surface area contributed by atoms with Gasteiger partial charge in [-0.25, -0.2) is 16.8 Å². The number of hydrogen-bond donors (Lipinski definition) is 0. The van der Waals surface area contributed by atoms with Crippen LogP contribution in [0.15, 0.2) is 24.3 Å². The van der Waals surface area contributed by atoms with Gasteiger partial charge in [0.25, 0.3) is 0 Å². The molecule has 1 aliphatic rings. The molecular formula is C16H24N2O5S2. The van der Waals surface area contributed by atoms with Gasteiger partial charge in [0.15, 0.2) is 9.84 Å². The molecular weight excluding hydrogens is 364 g/mol. The van der Waals surface area contributed by atoms with Crippen LogP contribution in [0.1, 0.15) is 17.5 Å². The van der Waals surface area contributed by atoms with E-state index in [1.807, 2.05) is 31.2 Å². The first-order chi connectivity index (χ1) is 11.5. The molecule has 0 saturated carbocycles. The highest BCUT2D eigenvalue weighted by molar-refractivity contribution is 7.91. The molecule has 0 bridgehead atoms. The molecule has 25 heavy (non-hydrogen) atoms. The summed E-state index contributed by atoms with van der Waals surface area (Å²) in [4.78, 5) is 13.9. The Balaban J connectivity index is 2.12. The Labute approximate surface area is 149 Å². The van der Waals surface area contributed by atoms with Crippen molar-refractivity contribution < 1.29 is 21.6 Å². The third kappa shape index (κ3) is 5.26. The molecule has 1 saturated heterocycles. The molecule has 0 aromatic heterocycles. The lowest BCUT2D eigenvalue weighted by Crippen LogP contribution is -2.45. The van der Waals surface area contributed by atoms with Gasteiger partial charge in [-0.1, -0.05) is 24.3 Å². The van der Waals surface area contributed by atoms with Crippen LogP contribution in [0.4, 0.5) is 0 Å². The number of likely N-dealkylation sites (N-methyl/N-ethyl adjacent to an activating group) is 1. The standard InChI is InChI=1S/C16H24N2O5S2/c1-13-6-4-5-7-14(13)10-18(24(3,20)21)11-16(19)17(2)15-8-9-25(22,23)12-15/h4-7,15H,8-12H2,1-3H3. The van der Waals surface area contributed by atoms with Crippen molar-refractivity contribution in [3.05, 3.63) is 35.4 Å². The number of carbonyl (C=O) groups excluding carboxylic acids is 1. The van der Waals surface area contributed by atoms with Gasteiger partial charge < -0.3 is 4.90 Å². The van der Waals surface area contributed by atoms with Gasteiger partial charge in [0.1, 0.15) is 0 Å². The van der Waals surface area contributed by atoms with Crippen LogP contribution in [0, 0.1) is 6.92 Å². The van der Waals surface area contributed by atoms with Gasteiger partial charge in [-0.05, 0) is 24.5 Å². The zero-order chi connectivity index (χ0) is 18.8. The quantitative estimate of drug-likeness (QED) is 0.703. The zero-order valence-electron chi connectivity index (χ0n) is 14.7.